The van der Waals surface area contributed by atoms with Crippen molar-refractivity contribution in [3.8, 4) is 0 Å². The van der Waals surface area contributed by atoms with E-state index in [4.69, 9.17) is 4.42 Å². The first-order valence-electron chi connectivity index (χ1n) is 4.71. The van der Waals surface area contributed by atoms with E-state index in [1.165, 1.54) is 6.26 Å². The van der Waals surface area contributed by atoms with Crippen molar-refractivity contribution < 1.29 is 22.7 Å². The van der Waals surface area contributed by atoms with Gasteiger partial charge in [-0.1, -0.05) is 0 Å². The molecule has 0 amide bonds. The van der Waals surface area contributed by atoms with E-state index in [2.05, 4.69) is 0 Å². The van der Waals surface area contributed by atoms with Crippen LogP contribution in [-0.2, 0) is 6.42 Å². The normalized spacial score (nSPS) is 26.5. The second-order valence-electron chi connectivity index (χ2n) is 3.95. The van der Waals surface area contributed by atoms with Crippen molar-refractivity contribution in [2.45, 2.75) is 32.0 Å². The summed E-state index contributed by atoms with van der Waals surface area (Å²) in [6.07, 6.45) is -4.36. The van der Waals surface area contributed by atoms with Crippen molar-refractivity contribution in [3.05, 3.63) is 23.2 Å². The summed E-state index contributed by atoms with van der Waals surface area (Å²) in [6, 6.07) is 0. The Morgan fingerprint density at radius 3 is 2.73 bits per heavy atom. The molecule has 84 valence electrons. The molecule has 0 aliphatic heterocycles. The van der Waals surface area contributed by atoms with Crippen LogP contribution in [0, 0.1) is 12.8 Å². The standard InChI is InChI=1S/C10H11F3O2/c1-5-4-15-8-3-6(10(11,12)13)2-7(14)9(5)8/h4,6-7,14H,2-3H2,1H3/t6-,7+/m0/s1. The van der Waals surface area contributed by atoms with E-state index >= 15 is 0 Å². The largest absolute Gasteiger partial charge is 0.469 e. The van der Waals surface area contributed by atoms with Gasteiger partial charge >= 0.3 is 6.18 Å². The van der Waals surface area contributed by atoms with Crippen LogP contribution in [0.4, 0.5) is 13.2 Å². The summed E-state index contributed by atoms with van der Waals surface area (Å²) in [7, 11) is 0. The van der Waals surface area contributed by atoms with Crippen molar-refractivity contribution in [1.82, 2.24) is 0 Å². The summed E-state index contributed by atoms with van der Waals surface area (Å²) >= 11 is 0. The van der Waals surface area contributed by atoms with Gasteiger partial charge in [-0.25, -0.2) is 0 Å². The van der Waals surface area contributed by atoms with Crippen molar-refractivity contribution >= 4 is 0 Å². The first kappa shape index (κ1) is 10.5. The second-order valence-corrected chi connectivity index (χ2v) is 3.95. The van der Waals surface area contributed by atoms with Gasteiger partial charge in [-0.15, -0.1) is 0 Å². The second kappa shape index (κ2) is 3.27. The molecule has 1 N–H and O–H groups in total. The molecular weight excluding hydrogens is 209 g/mol. The predicted molar refractivity (Wildman–Crippen MR) is 46.3 cm³/mol. The zero-order valence-electron chi connectivity index (χ0n) is 8.14. The summed E-state index contributed by atoms with van der Waals surface area (Å²) in [5.74, 6) is -1.22. The average Bonchev–Trinajstić information content (AvgIpc) is 2.46. The molecule has 1 heterocycles. The van der Waals surface area contributed by atoms with Crippen LogP contribution in [-0.4, -0.2) is 11.3 Å². The molecule has 0 saturated carbocycles. The van der Waals surface area contributed by atoms with E-state index in [1.54, 1.807) is 6.92 Å². The van der Waals surface area contributed by atoms with Crippen LogP contribution in [0.25, 0.3) is 0 Å². The minimum absolute atomic E-state index is 0.163. The van der Waals surface area contributed by atoms with E-state index in [-0.39, 0.29) is 18.6 Å². The summed E-state index contributed by atoms with van der Waals surface area (Å²) in [5, 5.41) is 9.60. The Hall–Kier alpha value is -0.970. The fraction of sp³-hybridized carbons (Fsp3) is 0.600. The fourth-order valence-electron chi connectivity index (χ4n) is 2.06. The number of aryl methyl sites for hydroxylation is 1. The maximum atomic E-state index is 12.5. The van der Waals surface area contributed by atoms with Gasteiger partial charge in [0, 0.05) is 12.0 Å². The van der Waals surface area contributed by atoms with Crippen LogP contribution in [0.2, 0.25) is 0 Å². The molecule has 1 aliphatic carbocycles. The third kappa shape index (κ3) is 1.76. The van der Waals surface area contributed by atoms with E-state index in [0.717, 1.165) is 5.56 Å². The summed E-state index contributed by atoms with van der Waals surface area (Å²) < 4.78 is 42.4. The number of alkyl halides is 3. The maximum absolute atomic E-state index is 12.5. The monoisotopic (exact) mass is 220 g/mol. The minimum Gasteiger partial charge on any atom is -0.469 e. The molecule has 2 atom stereocenters. The molecule has 1 aromatic rings. The van der Waals surface area contributed by atoms with Gasteiger partial charge in [0.25, 0.3) is 0 Å². The van der Waals surface area contributed by atoms with Crippen LogP contribution in [0.15, 0.2) is 10.7 Å². The van der Waals surface area contributed by atoms with E-state index in [0.29, 0.717) is 5.56 Å². The lowest BCUT2D eigenvalue weighted by atomic mass is 9.84. The molecule has 2 rings (SSSR count). The lowest BCUT2D eigenvalue weighted by Gasteiger charge is -2.27. The quantitative estimate of drug-likeness (QED) is 0.729. The highest BCUT2D eigenvalue weighted by atomic mass is 19.4. The Morgan fingerprint density at radius 2 is 2.13 bits per heavy atom. The van der Waals surface area contributed by atoms with Gasteiger partial charge in [0.1, 0.15) is 5.76 Å². The first-order chi connectivity index (χ1) is 6.89. The molecule has 0 spiro atoms. The highest BCUT2D eigenvalue weighted by Gasteiger charge is 2.45. The summed E-state index contributed by atoms with van der Waals surface area (Å²) in [6.45, 7) is 1.72. The number of hydrogen-bond acceptors (Lipinski definition) is 2. The highest BCUT2D eigenvalue weighted by molar-refractivity contribution is 5.31. The van der Waals surface area contributed by atoms with Gasteiger partial charge < -0.3 is 9.52 Å². The molecule has 15 heavy (non-hydrogen) atoms. The smallest absolute Gasteiger partial charge is 0.392 e. The number of fused-ring (bicyclic) bond motifs is 1. The maximum Gasteiger partial charge on any atom is 0.392 e. The third-order valence-corrected chi connectivity index (χ3v) is 2.84. The molecule has 0 fully saturated rings. The third-order valence-electron chi connectivity index (χ3n) is 2.84. The van der Waals surface area contributed by atoms with Crippen LogP contribution in [0.5, 0.6) is 0 Å². The topological polar surface area (TPSA) is 33.4 Å². The Kier molecular flexibility index (Phi) is 2.30. The molecule has 0 aromatic carbocycles. The van der Waals surface area contributed by atoms with Gasteiger partial charge in [-0.05, 0) is 18.9 Å². The van der Waals surface area contributed by atoms with Crippen molar-refractivity contribution in [2.24, 2.45) is 5.92 Å². The number of furan rings is 1. The molecule has 0 saturated heterocycles. The molecule has 1 aromatic heterocycles. The summed E-state index contributed by atoms with van der Waals surface area (Å²) in [4.78, 5) is 0. The molecule has 5 heteroatoms. The highest BCUT2D eigenvalue weighted by Crippen LogP contribution is 2.42. The Labute approximate surface area is 84.7 Å². The number of aliphatic hydroxyl groups excluding tert-OH is 1. The Bertz CT molecular complexity index is 367. The van der Waals surface area contributed by atoms with E-state index < -0.39 is 18.2 Å². The number of halogens is 3. The van der Waals surface area contributed by atoms with E-state index in [9.17, 15) is 18.3 Å². The SMILES string of the molecule is Cc1coc2c1[C@H](O)C[C@H](C(F)(F)F)C2. The molecule has 0 radical (unpaired) electrons. The Balaban J connectivity index is 2.31. The van der Waals surface area contributed by atoms with Gasteiger partial charge in [0.15, 0.2) is 0 Å². The van der Waals surface area contributed by atoms with E-state index in [1.807, 2.05) is 0 Å². The van der Waals surface area contributed by atoms with Crippen molar-refractivity contribution in [3.63, 3.8) is 0 Å². The fourth-order valence-corrected chi connectivity index (χ4v) is 2.06. The molecule has 1 aliphatic rings. The number of hydrogen-bond donors (Lipinski definition) is 1. The molecular formula is C10H11F3O2. The van der Waals surface area contributed by atoms with Gasteiger partial charge in [-0.3, -0.25) is 0 Å². The minimum atomic E-state index is -4.26. The Morgan fingerprint density at radius 1 is 1.47 bits per heavy atom. The van der Waals surface area contributed by atoms with Gasteiger partial charge in [0.2, 0.25) is 0 Å². The number of aliphatic hydroxyl groups is 1. The number of rotatable bonds is 0. The lowest BCUT2D eigenvalue weighted by Crippen LogP contribution is -2.30. The van der Waals surface area contributed by atoms with Crippen molar-refractivity contribution in [2.75, 3.05) is 0 Å². The average molecular weight is 220 g/mol. The lowest BCUT2D eigenvalue weighted by molar-refractivity contribution is -0.185. The van der Waals surface area contributed by atoms with Crippen LogP contribution < -0.4 is 0 Å². The zero-order valence-corrected chi connectivity index (χ0v) is 8.14. The van der Waals surface area contributed by atoms with Crippen LogP contribution in [0.3, 0.4) is 0 Å². The molecule has 2 nitrogen and oxygen atoms in total. The van der Waals surface area contributed by atoms with Gasteiger partial charge in [0.05, 0.1) is 18.3 Å². The van der Waals surface area contributed by atoms with Crippen molar-refractivity contribution in [1.29, 1.82) is 0 Å². The first-order valence-corrected chi connectivity index (χ1v) is 4.71. The molecule has 0 bridgehead atoms. The predicted octanol–water partition coefficient (Wildman–Crippen LogP) is 2.75. The van der Waals surface area contributed by atoms with Crippen LogP contribution >= 0.6 is 0 Å². The zero-order chi connectivity index (χ0) is 11.2. The molecule has 0 unspecified atom stereocenters. The van der Waals surface area contributed by atoms with Crippen LogP contribution in [0.1, 0.15) is 29.4 Å². The van der Waals surface area contributed by atoms with Gasteiger partial charge in [-0.2, -0.15) is 13.2 Å². The summed E-state index contributed by atoms with van der Waals surface area (Å²) in [5.41, 5.74) is 1.26.